The largest absolute Gasteiger partial charge is 0.490 e. The maximum atomic E-state index is 14.1. The Hall–Kier alpha value is -5.42. The third kappa shape index (κ3) is 6.80. The van der Waals surface area contributed by atoms with E-state index in [9.17, 15) is 14.0 Å². The zero-order valence-electron chi connectivity index (χ0n) is 27.9. The molecule has 0 radical (unpaired) electrons. The predicted octanol–water partition coefficient (Wildman–Crippen LogP) is 5.94. The molecule has 9 nitrogen and oxygen atoms in total. The molecule has 0 fully saturated rings. The molecule has 1 atom stereocenters. The second-order valence-electron chi connectivity index (χ2n) is 11.3. The summed E-state index contributed by atoms with van der Waals surface area (Å²) in [7, 11) is 1.30. The van der Waals surface area contributed by atoms with Gasteiger partial charge in [-0.15, -0.1) is 0 Å². The van der Waals surface area contributed by atoms with Crippen LogP contribution in [0.25, 0.3) is 11.8 Å². The summed E-state index contributed by atoms with van der Waals surface area (Å²) in [6, 6.07) is 20.7. The number of esters is 1. The first-order valence-electron chi connectivity index (χ1n) is 15.9. The summed E-state index contributed by atoms with van der Waals surface area (Å²) < 4.78 is 40.2. The lowest BCUT2D eigenvalue weighted by Crippen LogP contribution is -2.39. The average molecular weight is 682 g/mol. The Kier molecular flexibility index (Phi) is 9.82. The van der Waals surface area contributed by atoms with Gasteiger partial charge in [0, 0.05) is 23.3 Å². The first-order chi connectivity index (χ1) is 23.7. The molecule has 0 unspecified atom stereocenters. The van der Waals surface area contributed by atoms with E-state index < -0.39 is 12.0 Å². The van der Waals surface area contributed by atoms with E-state index in [1.165, 1.54) is 41.3 Å². The molecule has 1 aliphatic heterocycles. The van der Waals surface area contributed by atoms with E-state index in [4.69, 9.17) is 18.9 Å². The Morgan fingerprint density at radius 2 is 1.71 bits per heavy atom. The van der Waals surface area contributed by atoms with Crippen LogP contribution in [-0.2, 0) is 16.1 Å². The van der Waals surface area contributed by atoms with Crippen LogP contribution in [0, 0.1) is 19.7 Å². The maximum absolute atomic E-state index is 14.1. The van der Waals surface area contributed by atoms with Crippen LogP contribution < -0.4 is 29.1 Å². The number of hydrogen-bond donors (Lipinski definition) is 0. The monoisotopic (exact) mass is 681 g/mol. The van der Waals surface area contributed by atoms with E-state index in [-0.39, 0.29) is 23.6 Å². The van der Waals surface area contributed by atoms with Gasteiger partial charge in [-0.2, -0.15) is 0 Å². The lowest BCUT2D eigenvalue weighted by Gasteiger charge is -2.23. The highest BCUT2D eigenvalue weighted by Crippen LogP contribution is 2.35. The third-order valence-electron chi connectivity index (χ3n) is 8.15. The predicted molar refractivity (Wildman–Crippen MR) is 186 cm³/mol. The topological polar surface area (TPSA) is 93.3 Å². The van der Waals surface area contributed by atoms with Gasteiger partial charge in [-0.3, -0.25) is 9.36 Å². The number of methoxy groups -OCH3 is 1. The van der Waals surface area contributed by atoms with Crippen molar-refractivity contribution in [2.45, 2.75) is 40.3 Å². The van der Waals surface area contributed by atoms with Crippen molar-refractivity contribution in [1.82, 2.24) is 9.13 Å². The van der Waals surface area contributed by atoms with Gasteiger partial charge in [0.25, 0.3) is 5.56 Å². The lowest BCUT2D eigenvalue weighted by molar-refractivity contribution is -0.136. The number of halogens is 1. The van der Waals surface area contributed by atoms with Gasteiger partial charge in [-0.25, -0.2) is 14.2 Å². The number of benzene rings is 3. The van der Waals surface area contributed by atoms with Crippen molar-refractivity contribution in [1.29, 1.82) is 0 Å². The van der Waals surface area contributed by atoms with Gasteiger partial charge in [0.15, 0.2) is 16.3 Å². The van der Waals surface area contributed by atoms with Crippen LogP contribution in [0.4, 0.5) is 4.39 Å². The molecule has 0 N–H and O–H groups in total. The first kappa shape index (κ1) is 33.5. The smallest absolute Gasteiger partial charge is 0.337 e. The van der Waals surface area contributed by atoms with Gasteiger partial charge in [-0.1, -0.05) is 29.5 Å². The molecule has 49 heavy (non-hydrogen) atoms. The van der Waals surface area contributed by atoms with Crippen molar-refractivity contribution in [3.05, 3.63) is 138 Å². The number of rotatable bonds is 11. The number of aryl methyl sites for hydroxylation is 1. The number of nitrogens with zero attached hydrogens (tertiary/aromatic N) is 3. The fourth-order valence-electron chi connectivity index (χ4n) is 5.94. The molecular formula is C38H36FN3O6S. The van der Waals surface area contributed by atoms with Gasteiger partial charge < -0.3 is 23.5 Å². The Bertz CT molecular complexity index is 2230. The van der Waals surface area contributed by atoms with Crippen LogP contribution in [0.2, 0.25) is 0 Å². The SMILES string of the molecule is CCOc1ccc([C@@H]2C(C(=O)OC)=CN=c3s/c(=C/c4cc(C)n(-c5ccc(OCc6cccc(F)c6)cc5)c4C)c(=O)n32)cc1OCC. The molecule has 0 spiro atoms. The molecule has 1 aliphatic rings. The van der Waals surface area contributed by atoms with Crippen LogP contribution in [0.15, 0.2) is 94.4 Å². The molecule has 0 saturated heterocycles. The quantitative estimate of drug-likeness (QED) is 0.160. The molecule has 0 amide bonds. The van der Waals surface area contributed by atoms with E-state index in [0.29, 0.717) is 45.4 Å². The van der Waals surface area contributed by atoms with Crippen LogP contribution in [0.5, 0.6) is 17.2 Å². The van der Waals surface area contributed by atoms with E-state index in [1.807, 2.05) is 76.2 Å². The minimum absolute atomic E-state index is 0.231. The normalized spacial score (nSPS) is 14.1. The molecule has 3 aromatic carbocycles. The van der Waals surface area contributed by atoms with Crippen molar-refractivity contribution in [3.8, 4) is 22.9 Å². The molecule has 5 aromatic rings. The highest BCUT2D eigenvalue weighted by atomic mass is 32.1. The first-order valence-corrected chi connectivity index (χ1v) is 16.7. The van der Waals surface area contributed by atoms with Crippen LogP contribution in [0.1, 0.15) is 48.0 Å². The van der Waals surface area contributed by atoms with Crippen molar-refractivity contribution in [3.63, 3.8) is 0 Å². The van der Waals surface area contributed by atoms with Crippen LogP contribution >= 0.6 is 11.3 Å². The van der Waals surface area contributed by atoms with Crippen molar-refractivity contribution in [2.24, 2.45) is 4.99 Å². The molecule has 3 heterocycles. The molecule has 11 heteroatoms. The van der Waals surface area contributed by atoms with E-state index in [1.54, 1.807) is 18.2 Å². The molecule has 0 aliphatic carbocycles. The summed E-state index contributed by atoms with van der Waals surface area (Å²) in [6.45, 7) is 8.90. The standard InChI is InChI=1S/C38H36FN3O6S/c1-6-46-32-16-11-26(19-33(32)47-7-2)35-31(37(44)45-5)21-40-38-42(35)36(43)34(49-38)20-27-17-23(3)41(24(27)4)29-12-14-30(15-13-29)48-22-25-9-8-10-28(39)18-25/h8-21,35H,6-7,22H2,1-5H3/b34-20+/t35-/m1/s1. The van der Waals surface area contributed by atoms with Crippen molar-refractivity contribution in [2.75, 3.05) is 20.3 Å². The molecule has 252 valence electrons. The minimum Gasteiger partial charge on any atom is -0.490 e. The summed E-state index contributed by atoms with van der Waals surface area (Å²) in [5.41, 5.74) is 5.08. The number of thiazole rings is 1. The lowest BCUT2D eigenvalue weighted by atomic mass is 9.97. The zero-order valence-corrected chi connectivity index (χ0v) is 28.7. The molecule has 2 aromatic heterocycles. The van der Waals surface area contributed by atoms with Gasteiger partial charge >= 0.3 is 5.97 Å². The number of carbonyl (C=O) groups excluding carboxylic acids is 1. The Labute approximate surface area is 286 Å². The summed E-state index contributed by atoms with van der Waals surface area (Å²) in [6.07, 6.45) is 3.33. The third-order valence-corrected chi connectivity index (χ3v) is 9.15. The molecule has 6 rings (SSSR count). The second-order valence-corrected chi connectivity index (χ2v) is 12.3. The van der Waals surface area contributed by atoms with Gasteiger partial charge in [0.05, 0.1) is 36.5 Å². The highest BCUT2D eigenvalue weighted by molar-refractivity contribution is 7.07. The zero-order chi connectivity index (χ0) is 34.7. The molecule has 0 saturated carbocycles. The number of ether oxygens (including phenoxy) is 4. The Balaban J connectivity index is 1.35. The second kappa shape index (κ2) is 14.4. The van der Waals surface area contributed by atoms with Crippen LogP contribution in [0.3, 0.4) is 0 Å². The molecule has 0 bridgehead atoms. The van der Waals surface area contributed by atoms with E-state index >= 15 is 0 Å². The summed E-state index contributed by atoms with van der Waals surface area (Å²) >= 11 is 1.25. The van der Waals surface area contributed by atoms with Crippen LogP contribution in [-0.4, -0.2) is 35.4 Å². The van der Waals surface area contributed by atoms with Gasteiger partial charge in [0.1, 0.15) is 18.2 Å². The summed E-state index contributed by atoms with van der Waals surface area (Å²) in [5, 5.41) is 0. The van der Waals surface area contributed by atoms with E-state index in [0.717, 1.165) is 28.2 Å². The minimum atomic E-state index is -0.783. The number of aromatic nitrogens is 2. The van der Waals surface area contributed by atoms with Gasteiger partial charge in [0.2, 0.25) is 0 Å². The Morgan fingerprint density at radius 3 is 2.43 bits per heavy atom. The van der Waals surface area contributed by atoms with Crippen molar-refractivity contribution < 1.29 is 28.1 Å². The summed E-state index contributed by atoms with van der Waals surface area (Å²) in [4.78, 5) is 32.0. The maximum Gasteiger partial charge on any atom is 0.337 e. The average Bonchev–Trinajstić information content (AvgIpc) is 3.57. The molecular weight excluding hydrogens is 645 g/mol. The highest BCUT2D eigenvalue weighted by Gasteiger charge is 2.31. The fourth-order valence-corrected chi connectivity index (χ4v) is 6.90. The number of carbonyl (C=O) groups is 1. The number of hydrogen-bond acceptors (Lipinski definition) is 8. The van der Waals surface area contributed by atoms with Crippen molar-refractivity contribution >= 4 is 23.4 Å². The van der Waals surface area contributed by atoms with E-state index in [2.05, 4.69) is 9.56 Å². The fraction of sp³-hybridized carbons (Fsp3) is 0.237. The Morgan fingerprint density at radius 1 is 0.959 bits per heavy atom. The number of fused-ring (bicyclic) bond motifs is 1. The summed E-state index contributed by atoms with van der Waals surface area (Å²) in [5.74, 6) is 0.880. The van der Waals surface area contributed by atoms with Gasteiger partial charge in [-0.05, 0) is 105 Å².